The van der Waals surface area contributed by atoms with Crippen molar-refractivity contribution in [2.24, 2.45) is 0 Å². The van der Waals surface area contributed by atoms with Crippen molar-refractivity contribution < 1.29 is 30.8 Å². The summed E-state index contributed by atoms with van der Waals surface area (Å²) < 4.78 is 86.2. The normalized spacial score (nSPS) is 16.1. The number of piperazine rings is 1. The highest BCUT2D eigenvalue weighted by molar-refractivity contribution is 7.89. The molecule has 0 aliphatic carbocycles. The van der Waals surface area contributed by atoms with Crippen LogP contribution in [0.15, 0.2) is 96.3 Å². The first kappa shape index (κ1) is 33.2. The monoisotopic (exact) mass is 677 g/mol. The van der Waals surface area contributed by atoms with E-state index in [9.17, 15) is 26.4 Å². The van der Waals surface area contributed by atoms with Crippen LogP contribution in [-0.2, 0) is 21.2 Å². The number of sulfonamides is 1. The number of rotatable bonds is 10. The van der Waals surface area contributed by atoms with Crippen LogP contribution in [0.4, 0.5) is 23.2 Å². The summed E-state index contributed by atoms with van der Waals surface area (Å²) in [6.07, 6.45) is 3.62. The van der Waals surface area contributed by atoms with Crippen molar-refractivity contribution in [3.8, 4) is 0 Å². The van der Waals surface area contributed by atoms with Crippen LogP contribution in [0.25, 0.3) is 10.9 Å². The van der Waals surface area contributed by atoms with Crippen LogP contribution >= 0.6 is 0 Å². The van der Waals surface area contributed by atoms with E-state index in [0.29, 0.717) is 35.6 Å². The zero-order chi connectivity index (χ0) is 33.8. The fraction of sp³-hybridized carbons (Fsp3) is 0.229. The van der Waals surface area contributed by atoms with Crippen molar-refractivity contribution in [2.75, 3.05) is 25.0 Å². The first-order valence-corrected chi connectivity index (χ1v) is 16.7. The second-order valence-corrected chi connectivity index (χ2v) is 13.5. The third-order valence-electron chi connectivity index (χ3n) is 8.42. The van der Waals surface area contributed by atoms with E-state index in [1.54, 1.807) is 24.3 Å². The fourth-order valence-corrected chi connectivity index (χ4v) is 7.69. The van der Waals surface area contributed by atoms with Gasteiger partial charge in [-0.25, -0.2) is 26.0 Å². The molecule has 0 radical (unpaired) electrons. The zero-order valence-corrected chi connectivity index (χ0v) is 26.4. The van der Waals surface area contributed by atoms with Crippen molar-refractivity contribution in [3.63, 3.8) is 0 Å². The second-order valence-electron chi connectivity index (χ2n) is 11.6. The van der Waals surface area contributed by atoms with E-state index in [4.69, 9.17) is 0 Å². The summed E-state index contributed by atoms with van der Waals surface area (Å²) in [4.78, 5) is 21.6. The molecule has 0 bridgehead atoms. The van der Waals surface area contributed by atoms with Gasteiger partial charge in [0.05, 0.1) is 23.6 Å². The average molecular weight is 678 g/mol. The average Bonchev–Trinajstić information content (AvgIpc) is 3.07. The van der Waals surface area contributed by atoms with E-state index in [-0.39, 0.29) is 47.5 Å². The smallest absolute Gasteiger partial charge is 0.244 e. The predicted molar refractivity (Wildman–Crippen MR) is 173 cm³/mol. The lowest BCUT2D eigenvalue weighted by atomic mass is 9.88. The lowest BCUT2D eigenvalue weighted by Gasteiger charge is -2.35. The van der Waals surface area contributed by atoms with Crippen LogP contribution in [0.1, 0.15) is 35.4 Å². The van der Waals surface area contributed by atoms with Crippen molar-refractivity contribution in [1.29, 1.82) is 0 Å². The third-order valence-corrected chi connectivity index (χ3v) is 10.3. The Morgan fingerprint density at radius 1 is 0.917 bits per heavy atom. The Bertz CT molecular complexity index is 2040. The fourth-order valence-electron chi connectivity index (χ4n) is 6.05. The molecule has 2 atom stereocenters. The highest BCUT2D eigenvalue weighted by Crippen LogP contribution is 2.31. The number of amides is 1. The molecule has 5 aromatic rings. The number of nitrogens with one attached hydrogen (secondary N) is 2. The minimum Gasteiger partial charge on any atom is -0.324 e. The largest absolute Gasteiger partial charge is 0.324 e. The number of aromatic nitrogens is 2. The van der Waals surface area contributed by atoms with Crippen LogP contribution in [0.2, 0.25) is 0 Å². The Morgan fingerprint density at radius 3 is 2.44 bits per heavy atom. The number of benzene rings is 3. The SMILES string of the molecule is O=C(C[C@@H](c1ccc(F)cc1)c1cc(F)cc(F)c1)Nc1cncc(F)c1CC[C@H]1CNCCN1S(=O)(=O)c1cnc2ccccc2c1. The molecule has 1 aliphatic heterocycles. The molecule has 3 heterocycles. The molecule has 13 heteroatoms. The molecule has 0 spiro atoms. The number of carbonyl (C=O) groups excluding carboxylic acids is 1. The van der Waals surface area contributed by atoms with Gasteiger partial charge >= 0.3 is 0 Å². The predicted octanol–water partition coefficient (Wildman–Crippen LogP) is 5.94. The van der Waals surface area contributed by atoms with Gasteiger partial charge in [0.2, 0.25) is 15.9 Å². The van der Waals surface area contributed by atoms with Crippen LogP contribution in [0.3, 0.4) is 0 Å². The van der Waals surface area contributed by atoms with Gasteiger partial charge in [0, 0.05) is 61.2 Å². The van der Waals surface area contributed by atoms with Gasteiger partial charge in [-0.1, -0.05) is 30.3 Å². The zero-order valence-electron chi connectivity index (χ0n) is 25.5. The summed E-state index contributed by atoms with van der Waals surface area (Å²) in [7, 11) is -3.94. The van der Waals surface area contributed by atoms with Gasteiger partial charge in [0.1, 0.15) is 28.2 Å². The molecule has 1 amide bonds. The lowest BCUT2D eigenvalue weighted by molar-refractivity contribution is -0.116. The number of hydrogen-bond acceptors (Lipinski definition) is 6. The molecule has 48 heavy (non-hydrogen) atoms. The minimum absolute atomic E-state index is 0.0602. The molecule has 0 saturated carbocycles. The summed E-state index contributed by atoms with van der Waals surface area (Å²) in [5, 5.41) is 6.57. The summed E-state index contributed by atoms with van der Waals surface area (Å²) in [5.74, 6) is -4.32. The maximum absolute atomic E-state index is 15.2. The van der Waals surface area contributed by atoms with Crippen molar-refractivity contribution in [3.05, 3.63) is 131 Å². The molecule has 248 valence electrons. The molecule has 1 fully saturated rings. The third kappa shape index (κ3) is 7.38. The van der Waals surface area contributed by atoms with Crippen LogP contribution in [0.5, 0.6) is 0 Å². The highest BCUT2D eigenvalue weighted by Gasteiger charge is 2.34. The molecule has 2 aromatic heterocycles. The van der Waals surface area contributed by atoms with E-state index in [1.165, 1.54) is 41.0 Å². The van der Waals surface area contributed by atoms with Crippen LogP contribution < -0.4 is 10.6 Å². The molecule has 1 saturated heterocycles. The van der Waals surface area contributed by atoms with E-state index >= 15 is 4.39 Å². The Hall–Kier alpha value is -4.72. The summed E-state index contributed by atoms with van der Waals surface area (Å²) in [6, 6.07) is 16.4. The molecular formula is C35H31F4N5O3S. The second kappa shape index (κ2) is 14.2. The number of anilines is 1. The van der Waals surface area contributed by atoms with E-state index < -0.39 is 51.2 Å². The van der Waals surface area contributed by atoms with Crippen molar-refractivity contribution >= 4 is 32.5 Å². The summed E-state index contributed by atoms with van der Waals surface area (Å²) >= 11 is 0. The quantitative estimate of drug-likeness (QED) is 0.177. The van der Waals surface area contributed by atoms with Gasteiger partial charge < -0.3 is 10.6 Å². The molecular weight excluding hydrogens is 646 g/mol. The Balaban J connectivity index is 1.21. The van der Waals surface area contributed by atoms with Gasteiger partial charge in [-0.3, -0.25) is 14.8 Å². The first-order valence-electron chi connectivity index (χ1n) is 15.3. The van der Waals surface area contributed by atoms with E-state index in [2.05, 4.69) is 20.6 Å². The number of carbonyl (C=O) groups is 1. The van der Waals surface area contributed by atoms with Gasteiger partial charge in [-0.2, -0.15) is 4.31 Å². The maximum Gasteiger partial charge on any atom is 0.244 e. The standard InChI is InChI=1S/C35H31F4N5O3S/c36-25-7-5-22(6-8-25)31(24-13-26(37)16-27(38)14-24)17-35(45)43-34-21-41-20-32(39)30(34)10-9-28-18-40-11-12-44(28)48(46,47)29-15-23-3-1-2-4-33(23)42-19-29/h1-8,13-16,19-21,28,31,40H,9-12,17-18H2,(H,43,45)/t28-,31-/m0/s1. The number of pyridine rings is 2. The van der Waals surface area contributed by atoms with Crippen molar-refractivity contribution in [1.82, 2.24) is 19.6 Å². The number of nitrogens with zero attached hydrogens (tertiary/aromatic N) is 3. The number of hydrogen-bond donors (Lipinski definition) is 2. The van der Waals surface area contributed by atoms with Gasteiger partial charge in [-0.05, 0) is 60.4 Å². The van der Waals surface area contributed by atoms with E-state index in [1.807, 2.05) is 6.07 Å². The van der Waals surface area contributed by atoms with E-state index in [0.717, 1.165) is 18.3 Å². The van der Waals surface area contributed by atoms with Gasteiger partial charge in [-0.15, -0.1) is 0 Å². The van der Waals surface area contributed by atoms with Gasteiger partial charge in [0.25, 0.3) is 0 Å². The Labute approximate surface area is 274 Å². The van der Waals surface area contributed by atoms with Crippen LogP contribution in [0, 0.1) is 23.3 Å². The molecule has 0 unspecified atom stereocenters. The molecule has 1 aliphatic rings. The summed E-state index contributed by atoms with van der Waals surface area (Å²) in [5.41, 5.74) is 1.49. The van der Waals surface area contributed by atoms with Crippen LogP contribution in [-0.4, -0.2) is 54.3 Å². The summed E-state index contributed by atoms with van der Waals surface area (Å²) in [6.45, 7) is 0.970. The molecule has 2 N–H and O–H groups in total. The molecule has 8 nitrogen and oxygen atoms in total. The lowest BCUT2D eigenvalue weighted by Crippen LogP contribution is -2.53. The molecule has 3 aromatic carbocycles. The number of para-hydroxylation sites is 1. The number of fused-ring (bicyclic) bond motifs is 1. The highest BCUT2D eigenvalue weighted by atomic mass is 32.2. The number of halogens is 4. The Morgan fingerprint density at radius 2 is 1.67 bits per heavy atom. The topological polar surface area (TPSA) is 104 Å². The Kier molecular flexibility index (Phi) is 9.81. The minimum atomic E-state index is -3.94. The van der Waals surface area contributed by atoms with Crippen molar-refractivity contribution in [2.45, 2.75) is 36.1 Å². The molecule has 6 rings (SSSR count). The first-order chi connectivity index (χ1) is 23.1. The van der Waals surface area contributed by atoms with Gasteiger partial charge in [0.15, 0.2) is 0 Å². The maximum atomic E-state index is 15.2.